The van der Waals surface area contributed by atoms with Gasteiger partial charge in [-0.05, 0) is 37.0 Å². The van der Waals surface area contributed by atoms with Gasteiger partial charge in [-0.25, -0.2) is 0 Å². The van der Waals surface area contributed by atoms with Gasteiger partial charge in [0.1, 0.15) is 17.9 Å². The Bertz CT molecular complexity index is 1090. The number of fused-ring (bicyclic) bond motifs is 1. The van der Waals surface area contributed by atoms with E-state index in [0.717, 1.165) is 0 Å². The van der Waals surface area contributed by atoms with Crippen LogP contribution in [0.4, 0.5) is 5.69 Å². The summed E-state index contributed by atoms with van der Waals surface area (Å²) >= 11 is 0. The van der Waals surface area contributed by atoms with Crippen LogP contribution in [0.3, 0.4) is 0 Å². The van der Waals surface area contributed by atoms with Crippen LogP contribution in [0.5, 0.6) is 5.75 Å². The van der Waals surface area contributed by atoms with Gasteiger partial charge in [-0.15, -0.1) is 0 Å². The standard InChI is InChI=1S/C23H27N3O5/c1-5-26(13-20(28)24-16-8-6-7-9-19(16)31-4)22(30)15-10-14-17(25-21(15)29)11-23(2,3)12-18(14)27/h6-10H,5,11-13H2,1-4H3,(H,24,28)(H,25,29). The molecule has 0 aliphatic heterocycles. The number of carbonyl (C=O) groups excluding carboxylic acids is 3. The SMILES string of the molecule is CCN(CC(=O)Nc1ccccc1OC)C(=O)c1cc2c([nH]c1=O)CC(C)(C)CC2=O. The number of benzene rings is 1. The third-order valence-electron chi connectivity index (χ3n) is 5.33. The number of para-hydroxylation sites is 2. The molecule has 0 fully saturated rings. The number of methoxy groups -OCH3 is 1. The lowest BCUT2D eigenvalue weighted by molar-refractivity contribution is -0.116. The van der Waals surface area contributed by atoms with Gasteiger partial charge in [0.25, 0.3) is 11.5 Å². The van der Waals surface area contributed by atoms with E-state index in [2.05, 4.69) is 10.3 Å². The predicted octanol–water partition coefficient (Wildman–Crippen LogP) is 2.64. The molecule has 1 heterocycles. The molecule has 0 radical (unpaired) electrons. The molecule has 8 nitrogen and oxygen atoms in total. The van der Waals surface area contributed by atoms with E-state index in [-0.39, 0.29) is 29.9 Å². The Morgan fingerprint density at radius 3 is 2.58 bits per heavy atom. The van der Waals surface area contributed by atoms with Gasteiger partial charge in [0, 0.05) is 24.2 Å². The maximum Gasteiger partial charge on any atom is 0.261 e. The highest BCUT2D eigenvalue weighted by Crippen LogP contribution is 2.33. The fraction of sp³-hybridized carbons (Fsp3) is 0.391. The summed E-state index contributed by atoms with van der Waals surface area (Å²) in [5, 5.41) is 2.72. The highest BCUT2D eigenvalue weighted by atomic mass is 16.5. The van der Waals surface area contributed by atoms with Crippen molar-refractivity contribution >= 4 is 23.3 Å². The summed E-state index contributed by atoms with van der Waals surface area (Å²) in [4.78, 5) is 54.7. The predicted molar refractivity (Wildman–Crippen MR) is 117 cm³/mol. The largest absolute Gasteiger partial charge is 0.495 e. The number of aromatic nitrogens is 1. The molecule has 2 amide bonds. The van der Waals surface area contributed by atoms with Crippen LogP contribution in [0.2, 0.25) is 0 Å². The molecule has 0 atom stereocenters. The van der Waals surface area contributed by atoms with Crippen molar-refractivity contribution in [2.75, 3.05) is 25.5 Å². The lowest BCUT2D eigenvalue weighted by atomic mass is 9.75. The second kappa shape index (κ2) is 8.75. The van der Waals surface area contributed by atoms with Gasteiger partial charge in [-0.2, -0.15) is 0 Å². The Morgan fingerprint density at radius 2 is 1.90 bits per heavy atom. The Labute approximate surface area is 180 Å². The molecule has 2 aromatic rings. The first kappa shape index (κ1) is 22.3. The molecule has 1 aliphatic rings. The van der Waals surface area contributed by atoms with E-state index >= 15 is 0 Å². The van der Waals surface area contributed by atoms with Crippen molar-refractivity contribution in [3.63, 3.8) is 0 Å². The van der Waals surface area contributed by atoms with Crippen LogP contribution in [0.15, 0.2) is 35.1 Å². The zero-order valence-corrected chi connectivity index (χ0v) is 18.2. The molecule has 0 unspecified atom stereocenters. The number of nitrogens with zero attached hydrogens (tertiary/aromatic N) is 1. The number of aromatic amines is 1. The topological polar surface area (TPSA) is 109 Å². The second-order valence-electron chi connectivity index (χ2n) is 8.41. The molecule has 1 aromatic carbocycles. The monoisotopic (exact) mass is 425 g/mol. The number of anilines is 1. The van der Waals surface area contributed by atoms with E-state index in [1.165, 1.54) is 18.1 Å². The number of H-pyrrole nitrogens is 1. The quantitative estimate of drug-likeness (QED) is 0.740. The second-order valence-corrected chi connectivity index (χ2v) is 8.41. The summed E-state index contributed by atoms with van der Waals surface area (Å²) in [7, 11) is 1.50. The number of hydrogen-bond donors (Lipinski definition) is 2. The molecule has 2 N–H and O–H groups in total. The average Bonchev–Trinajstić information content (AvgIpc) is 2.70. The lowest BCUT2D eigenvalue weighted by Gasteiger charge is -2.30. The average molecular weight is 425 g/mol. The number of likely N-dealkylation sites (N-methyl/N-ethyl adjacent to an activating group) is 1. The van der Waals surface area contributed by atoms with Crippen LogP contribution in [0.25, 0.3) is 0 Å². The van der Waals surface area contributed by atoms with Crippen molar-refractivity contribution in [1.29, 1.82) is 0 Å². The fourth-order valence-corrected chi connectivity index (χ4v) is 3.80. The van der Waals surface area contributed by atoms with E-state index in [1.54, 1.807) is 31.2 Å². The Balaban J connectivity index is 1.81. The van der Waals surface area contributed by atoms with Crippen molar-refractivity contribution in [2.45, 2.75) is 33.6 Å². The minimum Gasteiger partial charge on any atom is -0.495 e. The van der Waals surface area contributed by atoms with Crippen molar-refractivity contribution in [3.05, 3.63) is 57.5 Å². The maximum absolute atomic E-state index is 13.0. The number of ether oxygens (including phenoxy) is 1. The third kappa shape index (κ3) is 4.84. The lowest BCUT2D eigenvalue weighted by Crippen LogP contribution is -2.41. The summed E-state index contributed by atoms with van der Waals surface area (Å²) in [6.07, 6.45) is 0.898. The number of Topliss-reactive ketones (excluding diaryl/α,β-unsaturated/α-hetero) is 1. The summed E-state index contributed by atoms with van der Waals surface area (Å²) < 4.78 is 5.21. The van der Waals surface area contributed by atoms with Gasteiger partial charge in [0.2, 0.25) is 5.91 Å². The first-order chi connectivity index (χ1) is 14.6. The molecule has 1 aliphatic carbocycles. The fourth-order valence-electron chi connectivity index (χ4n) is 3.80. The molecular formula is C23H27N3O5. The van der Waals surface area contributed by atoms with Crippen LogP contribution in [-0.4, -0.2) is 47.7 Å². The number of nitrogens with one attached hydrogen (secondary N) is 2. The van der Waals surface area contributed by atoms with Crippen LogP contribution in [-0.2, 0) is 11.2 Å². The summed E-state index contributed by atoms with van der Waals surface area (Å²) in [5.74, 6) is -0.627. The molecule has 0 bridgehead atoms. The number of amides is 2. The molecule has 164 valence electrons. The Hall–Kier alpha value is -3.42. The summed E-state index contributed by atoms with van der Waals surface area (Å²) in [6.45, 7) is 5.61. The van der Waals surface area contributed by atoms with Crippen LogP contribution in [0.1, 0.15) is 53.6 Å². The third-order valence-corrected chi connectivity index (χ3v) is 5.33. The van der Waals surface area contributed by atoms with Crippen molar-refractivity contribution in [3.8, 4) is 5.75 Å². The zero-order chi connectivity index (χ0) is 22.8. The number of hydrogen-bond acceptors (Lipinski definition) is 5. The molecule has 31 heavy (non-hydrogen) atoms. The highest BCUT2D eigenvalue weighted by molar-refractivity contribution is 6.03. The van der Waals surface area contributed by atoms with Gasteiger partial charge >= 0.3 is 0 Å². The molecule has 0 spiro atoms. The van der Waals surface area contributed by atoms with E-state index in [0.29, 0.717) is 35.5 Å². The first-order valence-electron chi connectivity index (χ1n) is 10.2. The van der Waals surface area contributed by atoms with E-state index in [1.807, 2.05) is 13.8 Å². The number of rotatable bonds is 6. The van der Waals surface area contributed by atoms with Crippen molar-refractivity contribution in [2.24, 2.45) is 5.41 Å². The molecular weight excluding hydrogens is 398 g/mol. The molecule has 0 saturated heterocycles. The summed E-state index contributed by atoms with van der Waals surface area (Å²) in [6, 6.07) is 8.31. The zero-order valence-electron chi connectivity index (χ0n) is 18.2. The smallest absolute Gasteiger partial charge is 0.261 e. The van der Waals surface area contributed by atoms with Gasteiger partial charge < -0.3 is 19.9 Å². The normalized spacial score (nSPS) is 14.5. The van der Waals surface area contributed by atoms with Crippen molar-refractivity contribution < 1.29 is 19.1 Å². The molecule has 0 saturated carbocycles. The van der Waals surface area contributed by atoms with E-state index in [4.69, 9.17) is 4.74 Å². The van der Waals surface area contributed by atoms with Crippen LogP contribution in [0, 0.1) is 5.41 Å². The highest BCUT2D eigenvalue weighted by Gasteiger charge is 2.33. The molecule has 3 rings (SSSR count). The first-order valence-corrected chi connectivity index (χ1v) is 10.2. The summed E-state index contributed by atoms with van der Waals surface area (Å²) in [5.41, 5.74) is 0.469. The number of ketones is 1. The minimum absolute atomic E-state index is 0.103. The van der Waals surface area contributed by atoms with Gasteiger partial charge in [0.05, 0.1) is 12.8 Å². The van der Waals surface area contributed by atoms with Crippen molar-refractivity contribution in [1.82, 2.24) is 9.88 Å². The van der Waals surface area contributed by atoms with E-state index < -0.39 is 17.4 Å². The van der Waals surface area contributed by atoms with Crippen LogP contribution < -0.4 is 15.6 Å². The molecule has 1 aromatic heterocycles. The van der Waals surface area contributed by atoms with Gasteiger partial charge in [0.15, 0.2) is 5.78 Å². The Kier molecular flexibility index (Phi) is 6.29. The molecule has 8 heteroatoms. The maximum atomic E-state index is 13.0. The number of pyridine rings is 1. The van der Waals surface area contributed by atoms with Crippen LogP contribution >= 0.6 is 0 Å². The number of carbonyl (C=O) groups is 3. The van der Waals surface area contributed by atoms with Gasteiger partial charge in [-0.1, -0.05) is 26.0 Å². The van der Waals surface area contributed by atoms with E-state index in [9.17, 15) is 19.2 Å². The Morgan fingerprint density at radius 1 is 1.19 bits per heavy atom. The van der Waals surface area contributed by atoms with Gasteiger partial charge in [-0.3, -0.25) is 19.2 Å². The minimum atomic E-state index is -0.598.